The SMILES string of the molecule is Cc1ccc2nc(N/N=C\C=C\c3ccccc3)nc(-c3ccccc3)c2c1. The Kier molecular flexibility index (Phi) is 5.20. The van der Waals surface area contributed by atoms with Crippen molar-refractivity contribution in [2.24, 2.45) is 5.10 Å². The van der Waals surface area contributed by atoms with E-state index in [1.807, 2.05) is 66.7 Å². The summed E-state index contributed by atoms with van der Waals surface area (Å²) < 4.78 is 0. The molecule has 0 amide bonds. The van der Waals surface area contributed by atoms with Crippen molar-refractivity contribution in [3.63, 3.8) is 0 Å². The van der Waals surface area contributed by atoms with Gasteiger partial charge in [0.15, 0.2) is 0 Å². The molecule has 0 saturated heterocycles. The van der Waals surface area contributed by atoms with Crippen LogP contribution in [0.2, 0.25) is 0 Å². The van der Waals surface area contributed by atoms with E-state index in [1.165, 1.54) is 5.56 Å². The highest BCUT2D eigenvalue weighted by Gasteiger charge is 2.09. The first-order chi connectivity index (χ1) is 13.8. The first-order valence-corrected chi connectivity index (χ1v) is 9.14. The highest BCUT2D eigenvalue weighted by Crippen LogP contribution is 2.27. The van der Waals surface area contributed by atoms with Crippen molar-refractivity contribution < 1.29 is 0 Å². The lowest BCUT2D eigenvalue weighted by atomic mass is 10.0. The Balaban J connectivity index is 1.62. The third kappa shape index (κ3) is 4.13. The lowest BCUT2D eigenvalue weighted by molar-refractivity contribution is 1.16. The number of anilines is 1. The van der Waals surface area contributed by atoms with Gasteiger partial charge < -0.3 is 0 Å². The molecule has 0 unspecified atom stereocenters. The number of nitrogens with zero attached hydrogens (tertiary/aromatic N) is 3. The van der Waals surface area contributed by atoms with Crippen LogP contribution in [0.5, 0.6) is 0 Å². The van der Waals surface area contributed by atoms with Crippen LogP contribution in [-0.2, 0) is 0 Å². The van der Waals surface area contributed by atoms with E-state index in [4.69, 9.17) is 4.98 Å². The third-order valence-corrected chi connectivity index (χ3v) is 4.31. The van der Waals surface area contributed by atoms with Crippen LogP contribution in [0.4, 0.5) is 5.95 Å². The molecule has 0 fully saturated rings. The molecule has 28 heavy (non-hydrogen) atoms. The van der Waals surface area contributed by atoms with Gasteiger partial charge in [-0.2, -0.15) is 5.10 Å². The fourth-order valence-corrected chi connectivity index (χ4v) is 2.96. The molecule has 0 aliphatic carbocycles. The Morgan fingerprint density at radius 1 is 0.857 bits per heavy atom. The molecule has 0 radical (unpaired) electrons. The zero-order chi connectivity index (χ0) is 19.2. The van der Waals surface area contributed by atoms with Crippen molar-refractivity contribution in [2.45, 2.75) is 6.92 Å². The smallest absolute Gasteiger partial charge is 0.244 e. The van der Waals surface area contributed by atoms with Crippen molar-refractivity contribution in [1.82, 2.24) is 9.97 Å². The molecule has 1 aromatic heterocycles. The zero-order valence-corrected chi connectivity index (χ0v) is 15.6. The Morgan fingerprint density at radius 2 is 1.61 bits per heavy atom. The van der Waals surface area contributed by atoms with Crippen molar-refractivity contribution in [2.75, 3.05) is 5.43 Å². The molecular weight excluding hydrogens is 344 g/mol. The van der Waals surface area contributed by atoms with E-state index in [0.717, 1.165) is 27.7 Å². The van der Waals surface area contributed by atoms with Gasteiger partial charge in [-0.3, -0.25) is 0 Å². The van der Waals surface area contributed by atoms with Gasteiger partial charge in [-0.15, -0.1) is 0 Å². The van der Waals surface area contributed by atoms with E-state index < -0.39 is 0 Å². The highest BCUT2D eigenvalue weighted by molar-refractivity contribution is 5.93. The van der Waals surface area contributed by atoms with Gasteiger partial charge in [-0.25, -0.2) is 15.4 Å². The molecular formula is C24H20N4. The van der Waals surface area contributed by atoms with Crippen LogP contribution in [0.1, 0.15) is 11.1 Å². The van der Waals surface area contributed by atoms with Gasteiger partial charge in [0.05, 0.1) is 11.2 Å². The van der Waals surface area contributed by atoms with E-state index in [9.17, 15) is 0 Å². The quantitative estimate of drug-likeness (QED) is 0.364. The maximum atomic E-state index is 4.71. The predicted molar refractivity (Wildman–Crippen MR) is 117 cm³/mol. The summed E-state index contributed by atoms with van der Waals surface area (Å²) in [5.74, 6) is 0.472. The molecule has 0 spiro atoms. The first-order valence-electron chi connectivity index (χ1n) is 9.14. The number of rotatable bonds is 5. The number of allylic oxidation sites excluding steroid dienone is 1. The van der Waals surface area contributed by atoms with Crippen LogP contribution in [0.3, 0.4) is 0 Å². The van der Waals surface area contributed by atoms with Gasteiger partial charge in [0.1, 0.15) is 0 Å². The molecule has 4 rings (SSSR count). The van der Waals surface area contributed by atoms with Gasteiger partial charge in [0, 0.05) is 17.2 Å². The number of benzene rings is 3. The maximum absolute atomic E-state index is 4.71. The first kappa shape index (κ1) is 17.6. The second kappa shape index (κ2) is 8.27. The molecule has 136 valence electrons. The number of hydrogen-bond donors (Lipinski definition) is 1. The maximum Gasteiger partial charge on any atom is 0.244 e. The van der Waals surface area contributed by atoms with E-state index >= 15 is 0 Å². The second-order valence-corrected chi connectivity index (χ2v) is 6.44. The van der Waals surface area contributed by atoms with Gasteiger partial charge in [0.25, 0.3) is 0 Å². The van der Waals surface area contributed by atoms with E-state index in [-0.39, 0.29) is 0 Å². The third-order valence-electron chi connectivity index (χ3n) is 4.31. The average Bonchev–Trinajstić information content (AvgIpc) is 2.74. The Bertz CT molecular complexity index is 1130. The molecule has 0 saturated carbocycles. The average molecular weight is 364 g/mol. The summed E-state index contributed by atoms with van der Waals surface area (Å²) in [7, 11) is 0. The van der Waals surface area contributed by atoms with Crippen LogP contribution in [0.15, 0.2) is 90.0 Å². The summed E-state index contributed by atoms with van der Waals surface area (Å²) in [6.07, 6.45) is 5.56. The van der Waals surface area contributed by atoms with Gasteiger partial charge in [-0.05, 0) is 30.7 Å². The van der Waals surface area contributed by atoms with Crippen molar-refractivity contribution >= 4 is 29.1 Å². The Hall–Kier alpha value is -3.79. The molecule has 0 atom stereocenters. The second-order valence-electron chi connectivity index (χ2n) is 6.44. The normalized spacial score (nSPS) is 11.5. The number of hydrazone groups is 1. The largest absolute Gasteiger partial charge is 0.245 e. The number of hydrogen-bond acceptors (Lipinski definition) is 4. The zero-order valence-electron chi connectivity index (χ0n) is 15.6. The molecule has 0 bridgehead atoms. The molecule has 3 aromatic carbocycles. The minimum absolute atomic E-state index is 0.472. The molecule has 1 N–H and O–H groups in total. The topological polar surface area (TPSA) is 50.2 Å². The minimum atomic E-state index is 0.472. The van der Waals surface area contributed by atoms with E-state index in [0.29, 0.717) is 5.95 Å². The minimum Gasteiger partial charge on any atom is -0.245 e. The van der Waals surface area contributed by atoms with Crippen LogP contribution in [0.25, 0.3) is 28.2 Å². The van der Waals surface area contributed by atoms with Gasteiger partial charge >= 0.3 is 0 Å². The van der Waals surface area contributed by atoms with Crippen LogP contribution in [0, 0.1) is 6.92 Å². The summed E-state index contributed by atoms with van der Waals surface area (Å²) in [6.45, 7) is 2.07. The van der Waals surface area contributed by atoms with E-state index in [1.54, 1.807) is 6.21 Å². The van der Waals surface area contributed by atoms with Crippen molar-refractivity contribution in [3.8, 4) is 11.3 Å². The summed E-state index contributed by atoms with van der Waals surface area (Å²) in [6, 6.07) is 26.4. The van der Waals surface area contributed by atoms with Gasteiger partial charge in [0.2, 0.25) is 5.95 Å². The number of nitrogens with one attached hydrogen (secondary N) is 1. The van der Waals surface area contributed by atoms with Crippen molar-refractivity contribution in [1.29, 1.82) is 0 Å². The lowest BCUT2D eigenvalue weighted by Gasteiger charge is -2.09. The summed E-state index contributed by atoms with van der Waals surface area (Å²) in [5.41, 5.74) is 8.08. The summed E-state index contributed by atoms with van der Waals surface area (Å²) >= 11 is 0. The molecule has 0 aliphatic heterocycles. The van der Waals surface area contributed by atoms with Crippen LogP contribution in [-0.4, -0.2) is 16.2 Å². The number of aryl methyl sites for hydroxylation is 1. The molecule has 4 aromatic rings. The van der Waals surface area contributed by atoms with Gasteiger partial charge in [-0.1, -0.05) is 78.4 Å². The molecule has 4 heteroatoms. The van der Waals surface area contributed by atoms with Crippen LogP contribution < -0.4 is 5.43 Å². The van der Waals surface area contributed by atoms with E-state index in [2.05, 4.69) is 46.7 Å². The summed E-state index contributed by atoms with van der Waals surface area (Å²) in [4.78, 5) is 9.31. The predicted octanol–water partition coefficient (Wildman–Crippen LogP) is 5.72. The lowest BCUT2D eigenvalue weighted by Crippen LogP contribution is -1.99. The number of aromatic nitrogens is 2. The fourth-order valence-electron chi connectivity index (χ4n) is 2.96. The Morgan fingerprint density at radius 3 is 2.39 bits per heavy atom. The highest BCUT2D eigenvalue weighted by atomic mass is 15.3. The number of fused-ring (bicyclic) bond motifs is 1. The Labute approximate surface area is 164 Å². The fraction of sp³-hybridized carbons (Fsp3) is 0.0417. The van der Waals surface area contributed by atoms with Crippen LogP contribution >= 0.6 is 0 Å². The standard InChI is InChI=1S/C24H20N4/c1-18-14-15-22-21(17-18)23(20-12-6-3-7-13-20)27-24(26-22)28-25-16-8-11-19-9-4-2-5-10-19/h2-17H,1H3,(H,26,27,28)/b11-8+,25-16-. The molecule has 0 aliphatic rings. The monoisotopic (exact) mass is 364 g/mol. The van der Waals surface area contributed by atoms with Crippen molar-refractivity contribution in [3.05, 3.63) is 96.1 Å². The molecule has 1 heterocycles. The summed E-state index contributed by atoms with van der Waals surface area (Å²) in [5, 5.41) is 5.26. The molecule has 4 nitrogen and oxygen atoms in total.